The van der Waals surface area contributed by atoms with Crippen molar-refractivity contribution >= 4 is 11.7 Å². The van der Waals surface area contributed by atoms with Crippen LogP contribution in [0.5, 0.6) is 0 Å². The molecular weight excluding hydrogens is 338 g/mol. The third-order valence-corrected chi connectivity index (χ3v) is 4.81. The molecule has 1 aliphatic heterocycles. The molecule has 1 heterocycles. The lowest BCUT2D eigenvalue weighted by Gasteiger charge is -2.39. The first-order valence-corrected chi connectivity index (χ1v) is 8.72. The molecule has 138 valence electrons. The van der Waals surface area contributed by atoms with Crippen LogP contribution in [0.3, 0.4) is 0 Å². The van der Waals surface area contributed by atoms with Gasteiger partial charge in [-0.05, 0) is 42.7 Å². The molecule has 0 spiro atoms. The molecule has 1 fully saturated rings. The summed E-state index contributed by atoms with van der Waals surface area (Å²) in [4.78, 5) is 15.2. The number of carbonyl (C=O) groups is 1. The molecule has 0 saturated carbocycles. The quantitative estimate of drug-likeness (QED) is 0.856. The van der Waals surface area contributed by atoms with E-state index >= 15 is 0 Å². The fourth-order valence-corrected chi connectivity index (χ4v) is 3.49. The summed E-state index contributed by atoms with van der Waals surface area (Å²) >= 11 is 0. The van der Waals surface area contributed by atoms with Gasteiger partial charge < -0.3 is 10.0 Å². The predicted molar refractivity (Wildman–Crippen MR) is 96.1 cm³/mol. The number of benzene rings is 2. The van der Waals surface area contributed by atoms with Gasteiger partial charge in [-0.25, -0.2) is 8.78 Å². The van der Waals surface area contributed by atoms with Gasteiger partial charge in [0.05, 0.1) is 12.2 Å². The van der Waals surface area contributed by atoms with E-state index in [1.54, 1.807) is 24.3 Å². The lowest BCUT2D eigenvalue weighted by Crippen LogP contribution is -2.46. The molecular formula is C20H22F2N2O2. The number of carboxylic acids is 1. The first kappa shape index (κ1) is 18.3. The van der Waals surface area contributed by atoms with E-state index in [1.807, 2.05) is 15.9 Å². The van der Waals surface area contributed by atoms with Gasteiger partial charge in [0, 0.05) is 25.7 Å². The SMILES string of the molecule is O=C(O)CN(Cc1ccc(F)cc1)C1CCN(c2ccccc2F)CC1. The summed E-state index contributed by atoms with van der Waals surface area (Å²) in [5.41, 5.74) is 1.47. The number of hydrogen-bond acceptors (Lipinski definition) is 3. The van der Waals surface area contributed by atoms with Crippen molar-refractivity contribution < 1.29 is 18.7 Å². The second-order valence-electron chi connectivity index (χ2n) is 6.59. The molecule has 0 aromatic heterocycles. The third kappa shape index (κ3) is 4.58. The van der Waals surface area contributed by atoms with E-state index in [1.165, 1.54) is 18.2 Å². The van der Waals surface area contributed by atoms with E-state index in [0.717, 1.165) is 18.4 Å². The number of halogens is 2. The molecule has 0 bridgehead atoms. The van der Waals surface area contributed by atoms with Crippen LogP contribution in [0, 0.1) is 11.6 Å². The Balaban J connectivity index is 1.66. The van der Waals surface area contributed by atoms with E-state index in [2.05, 4.69) is 0 Å². The van der Waals surface area contributed by atoms with Crippen LogP contribution in [-0.2, 0) is 11.3 Å². The number of aliphatic carboxylic acids is 1. The van der Waals surface area contributed by atoms with Crippen molar-refractivity contribution in [2.24, 2.45) is 0 Å². The molecule has 2 aromatic carbocycles. The van der Waals surface area contributed by atoms with Gasteiger partial charge in [-0.3, -0.25) is 9.69 Å². The molecule has 0 aliphatic carbocycles. The molecule has 1 aliphatic rings. The zero-order chi connectivity index (χ0) is 18.5. The number of nitrogens with zero attached hydrogens (tertiary/aromatic N) is 2. The summed E-state index contributed by atoms with van der Waals surface area (Å²) in [6, 6.07) is 12.9. The summed E-state index contributed by atoms with van der Waals surface area (Å²) in [7, 11) is 0. The summed E-state index contributed by atoms with van der Waals surface area (Å²) < 4.78 is 27.0. The van der Waals surface area contributed by atoms with Gasteiger partial charge in [0.25, 0.3) is 0 Å². The van der Waals surface area contributed by atoms with Gasteiger partial charge in [-0.15, -0.1) is 0 Å². The topological polar surface area (TPSA) is 43.8 Å². The minimum atomic E-state index is -0.886. The van der Waals surface area contributed by atoms with Crippen LogP contribution in [0.15, 0.2) is 48.5 Å². The number of anilines is 1. The lowest BCUT2D eigenvalue weighted by molar-refractivity contribution is -0.139. The number of carboxylic acid groups (broad SMARTS) is 1. The summed E-state index contributed by atoms with van der Waals surface area (Å²) in [6.07, 6.45) is 1.51. The van der Waals surface area contributed by atoms with Crippen molar-refractivity contribution in [3.63, 3.8) is 0 Å². The van der Waals surface area contributed by atoms with Gasteiger partial charge in [0.1, 0.15) is 11.6 Å². The third-order valence-electron chi connectivity index (χ3n) is 4.81. The molecule has 1 N–H and O–H groups in total. The van der Waals surface area contributed by atoms with E-state index in [4.69, 9.17) is 0 Å². The van der Waals surface area contributed by atoms with Gasteiger partial charge in [0.15, 0.2) is 0 Å². The molecule has 0 amide bonds. The zero-order valence-electron chi connectivity index (χ0n) is 14.4. The van der Waals surface area contributed by atoms with Crippen LogP contribution < -0.4 is 4.90 Å². The average molecular weight is 360 g/mol. The summed E-state index contributed by atoms with van der Waals surface area (Å²) in [5.74, 6) is -1.43. The maximum Gasteiger partial charge on any atom is 0.317 e. The smallest absolute Gasteiger partial charge is 0.317 e. The first-order chi connectivity index (χ1) is 12.5. The maximum absolute atomic E-state index is 14.0. The van der Waals surface area contributed by atoms with Gasteiger partial charge in [0.2, 0.25) is 0 Å². The van der Waals surface area contributed by atoms with Gasteiger partial charge >= 0.3 is 5.97 Å². The molecule has 0 atom stereocenters. The zero-order valence-corrected chi connectivity index (χ0v) is 14.4. The van der Waals surface area contributed by atoms with Crippen LogP contribution >= 0.6 is 0 Å². The number of piperidine rings is 1. The predicted octanol–water partition coefficient (Wildman–Crippen LogP) is 3.52. The molecule has 26 heavy (non-hydrogen) atoms. The molecule has 6 heteroatoms. The van der Waals surface area contributed by atoms with Crippen molar-refractivity contribution in [2.75, 3.05) is 24.5 Å². The number of hydrogen-bond donors (Lipinski definition) is 1. The second kappa shape index (κ2) is 8.27. The van der Waals surface area contributed by atoms with Gasteiger partial charge in [-0.1, -0.05) is 24.3 Å². The minimum Gasteiger partial charge on any atom is -0.480 e. The molecule has 0 radical (unpaired) electrons. The Labute approximate surface area is 151 Å². The minimum absolute atomic E-state index is 0.0677. The maximum atomic E-state index is 14.0. The average Bonchev–Trinajstić information content (AvgIpc) is 2.63. The van der Waals surface area contributed by atoms with Crippen LogP contribution in [0.25, 0.3) is 0 Å². The van der Waals surface area contributed by atoms with Crippen LogP contribution in [-0.4, -0.2) is 41.7 Å². The summed E-state index contributed by atoms with van der Waals surface area (Å²) in [5, 5.41) is 9.24. The van der Waals surface area contributed by atoms with E-state index in [9.17, 15) is 18.7 Å². The highest BCUT2D eigenvalue weighted by Gasteiger charge is 2.27. The summed E-state index contributed by atoms with van der Waals surface area (Å²) in [6.45, 7) is 1.73. The lowest BCUT2D eigenvalue weighted by atomic mass is 10.0. The van der Waals surface area contributed by atoms with Crippen LogP contribution in [0.2, 0.25) is 0 Å². The Kier molecular flexibility index (Phi) is 5.83. The Morgan fingerprint density at radius 2 is 1.73 bits per heavy atom. The standard InChI is InChI=1S/C20H22F2N2O2/c21-16-7-5-15(6-8-16)13-24(14-20(25)26)17-9-11-23(12-10-17)19-4-2-1-3-18(19)22/h1-8,17H,9-14H2,(H,25,26). The molecule has 1 saturated heterocycles. The van der Waals surface area contributed by atoms with Gasteiger partial charge in [-0.2, -0.15) is 0 Å². The number of rotatable bonds is 6. The Morgan fingerprint density at radius 3 is 2.35 bits per heavy atom. The Bertz CT molecular complexity index is 744. The highest BCUT2D eigenvalue weighted by atomic mass is 19.1. The largest absolute Gasteiger partial charge is 0.480 e. The monoisotopic (exact) mass is 360 g/mol. The van der Waals surface area contributed by atoms with Crippen LogP contribution in [0.4, 0.5) is 14.5 Å². The van der Waals surface area contributed by atoms with E-state index in [-0.39, 0.29) is 24.2 Å². The van der Waals surface area contributed by atoms with Crippen molar-refractivity contribution in [3.8, 4) is 0 Å². The fourth-order valence-electron chi connectivity index (χ4n) is 3.49. The Morgan fingerprint density at radius 1 is 1.08 bits per heavy atom. The Hall–Kier alpha value is -2.47. The first-order valence-electron chi connectivity index (χ1n) is 8.72. The fraction of sp³-hybridized carbons (Fsp3) is 0.350. The highest BCUT2D eigenvalue weighted by molar-refractivity contribution is 5.69. The highest BCUT2D eigenvalue weighted by Crippen LogP contribution is 2.25. The van der Waals surface area contributed by atoms with Crippen LogP contribution in [0.1, 0.15) is 18.4 Å². The second-order valence-corrected chi connectivity index (χ2v) is 6.59. The number of para-hydroxylation sites is 1. The van der Waals surface area contributed by atoms with Crippen molar-refractivity contribution in [1.29, 1.82) is 0 Å². The van der Waals surface area contributed by atoms with Crippen molar-refractivity contribution in [3.05, 3.63) is 65.7 Å². The molecule has 0 unspecified atom stereocenters. The normalized spacial score (nSPS) is 15.4. The molecule has 2 aromatic rings. The van der Waals surface area contributed by atoms with Crippen molar-refractivity contribution in [2.45, 2.75) is 25.4 Å². The van der Waals surface area contributed by atoms with E-state index < -0.39 is 5.97 Å². The van der Waals surface area contributed by atoms with E-state index in [0.29, 0.717) is 25.3 Å². The molecule has 4 nitrogen and oxygen atoms in total. The molecule has 3 rings (SSSR count). The van der Waals surface area contributed by atoms with Crippen molar-refractivity contribution in [1.82, 2.24) is 4.90 Å².